The Morgan fingerprint density at radius 3 is 2.88 bits per heavy atom. The molecular formula is C14H19N3. The van der Waals surface area contributed by atoms with Crippen molar-refractivity contribution in [3.05, 3.63) is 30.0 Å². The summed E-state index contributed by atoms with van der Waals surface area (Å²) in [4.78, 5) is 0. The van der Waals surface area contributed by atoms with Crippen molar-refractivity contribution in [3.8, 4) is 0 Å². The molecule has 1 aromatic carbocycles. The van der Waals surface area contributed by atoms with Crippen LogP contribution < -0.4 is 5.73 Å². The highest BCUT2D eigenvalue weighted by Gasteiger charge is 2.23. The van der Waals surface area contributed by atoms with Gasteiger partial charge in [0.25, 0.3) is 0 Å². The molecule has 0 radical (unpaired) electrons. The van der Waals surface area contributed by atoms with Crippen LogP contribution in [0, 0.1) is 5.92 Å². The van der Waals surface area contributed by atoms with E-state index in [2.05, 4.69) is 23.3 Å². The topological polar surface area (TPSA) is 43.8 Å². The molecule has 0 spiro atoms. The Balaban J connectivity index is 1.93. The maximum Gasteiger partial charge on any atom is 0.0870 e. The maximum atomic E-state index is 6.31. The molecule has 2 N–H and O–H groups in total. The van der Waals surface area contributed by atoms with Crippen LogP contribution >= 0.6 is 0 Å². The molecule has 1 fully saturated rings. The van der Waals surface area contributed by atoms with E-state index in [9.17, 15) is 0 Å². The van der Waals surface area contributed by atoms with Crippen molar-refractivity contribution in [1.29, 1.82) is 0 Å². The third-order valence-corrected chi connectivity index (χ3v) is 3.95. The molecular weight excluding hydrogens is 210 g/mol. The van der Waals surface area contributed by atoms with Crippen molar-refractivity contribution >= 4 is 10.9 Å². The van der Waals surface area contributed by atoms with Gasteiger partial charge in [0.15, 0.2) is 0 Å². The largest absolute Gasteiger partial charge is 0.323 e. The second kappa shape index (κ2) is 4.15. The van der Waals surface area contributed by atoms with Crippen LogP contribution in [0.2, 0.25) is 0 Å². The highest BCUT2D eigenvalue weighted by atomic mass is 15.3. The highest BCUT2D eigenvalue weighted by molar-refractivity contribution is 5.82. The van der Waals surface area contributed by atoms with Crippen LogP contribution in [-0.4, -0.2) is 9.78 Å². The summed E-state index contributed by atoms with van der Waals surface area (Å²) >= 11 is 0. The molecule has 1 saturated carbocycles. The van der Waals surface area contributed by atoms with Gasteiger partial charge in [-0.25, -0.2) is 0 Å². The fourth-order valence-corrected chi connectivity index (χ4v) is 2.71. The molecule has 3 heteroatoms. The lowest BCUT2D eigenvalue weighted by atomic mass is 9.80. The highest BCUT2D eigenvalue weighted by Crippen LogP contribution is 2.35. The summed E-state index contributed by atoms with van der Waals surface area (Å²) in [5.74, 6) is 0.825. The van der Waals surface area contributed by atoms with E-state index in [-0.39, 0.29) is 6.04 Å². The van der Waals surface area contributed by atoms with Gasteiger partial charge in [-0.15, -0.1) is 0 Å². The van der Waals surface area contributed by atoms with Gasteiger partial charge in [-0.3, -0.25) is 4.68 Å². The van der Waals surface area contributed by atoms with Crippen molar-refractivity contribution < 1.29 is 0 Å². The Morgan fingerprint density at radius 2 is 2.18 bits per heavy atom. The van der Waals surface area contributed by atoms with E-state index < -0.39 is 0 Å². The minimum Gasteiger partial charge on any atom is -0.323 e. The Morgan fingerprint density at radius 1 is 1.41 bits per heavy atom. The van der Waals surface area contributed by atoms with Crippen molar-refractivity contribution in [2.75, 3.05) is 0 Å². The first-order valence-corrected chi connectivity index (χ1v) is 6.43. The number of hydrogen-bond donors (Lipinski definition) is 1. The van der Waals surface area contributed by atoms with E-state index >= 15 is 0 Å². The van der Waals surface area contributed by atoms with Crippen molar-refractivity contribution in [2.24, 2.45) is 18.7 Å². The number of hydrogen-bond acceptors (Lipinski definition) is 2. The molecule has 1 atom stereocenters. The molecule has 2 aromatic rings. The molecule has 1 heterocycles. The van der Waals surface area contributed by atoms with Crippen LogP contribution in [0.15, 0.2) is 24.3 Å². The lowest BCUT2D eigenvalue weighted by Gasteiger charge is -2.27. The molecule has 0 bridgehead atoms. The van der Waals surface area contributed by atoms with Crippen LogP contribution in [-0.2, 0) is 7.05 Å². The fraction of sp³-hybridized carbons (Fsp3) is 0.500. The summed E-state index contributed by atoms with van der Waals surface area (Å²) in [6.45, 7) is 0. The van der Waals surface area contributed by atoms with Gasteiger partial charge >= 0.3 is 0 Å². The number of nitrogens with zero attached hydrogens (tertiary/aromatic N) is 2. The number of aryl methyl sites for hydroxylation is 1. The second-order valence-corrected chi connectivity index (χ2v) is 5.17. The Kier molecular flexibility index (Phi) is 2.63. The lowest BCUT2D eigenvalue weighted by Crippen LogP contribution is -2.20. The Hall–Kier alpha value is -1.35. The molecule has 3 rings (SSSR count). The monoisotopic (exact) mass is 229 g/mol. The van der Waals surface area contributed by atoms with Gasteiger partial charge in [0.1, 0.15) is 0 Å². The smallest absolute Gasteiger partial charge is 0.0870 e. The van der Waals surface area contributed by atoms with Crippen molar-refractivity contribution in [3.63, 3.8) is 0 Å². The Bertz CT molecular complexity index is 525. The summed E-state index contributed by atoms with van der Waals surface area (Å²) in [7, 11) is 1.99. The van der Waals surface area contributed by atoms with Gasteiger partial charge < -0.3 is 5.73 Å². The molecule has 0 saturated heterocycles. The zero-order valence-corrected chi connectivity index (χ0v) is 10.3. The first-order valence-electron chi connectivity index (χ1n) is 6.43. The molecule has 1 aliphatic rings. The first kappa shape index (κ1) is 10.8. The molecule has 0 amide bonds. The molecule has 17 heavy (non-hydrogen) atoms. The third-order valence-electron chi connectivity index (χ3n) is 3.95. The second-order valence-electron chi connectivity index (χ2n) is 5.17. The van der Waals surface area contributed by atoms with E-state index in [1.54, 1.807) is 0 Å². The average molecular weight is 229 g/mol. The number of aromatic nitrogens is 2. The molecule has 0 aliphatic heterocycles. The van der Waals surface area contributed by atoms with Gasteiger partial charge in [-0.2, -0.15) is 5.10 Å². The normalized spacial score (nSPS) is 18.2. The predicted octanol–water partition coefficient (Wildman–Crippen LogP) is 2.76. The van der Waals surface area contributed by atoms with Gasteiger partial charge in [-0.1, -0.05) is 37.5 Å². The zero-order valence-electron chi connectivity index (χ0n) is 10.3. The van der Waals surface area contributed by atoms with E-state index in [0.717, 1.165) is 18.0 Å². The first-order chi connectivity index (χ1) is 8.25. The molecule has 1 aliphatic carbocycles. The standard InChI is InChI=1S/C14H19N3/c1-17-13-8-3-2-7-11(13)14(16-17)12(15)9-10-5-4-6-10/h2-3,7-8,10,12H,4-6,9,15H2,1H3. The molecule has 90 valence electrons. The van der Waals surface area contributed by atoms with Crippen LogP contribution in [0.4, 0.5) is 0 Å². The number of para-hydroxylation sites is 1. The SMILES string of the molecule is Cn1nc(C(N)CC2CCC2)c2ccccc21. The molecule has 3 nitrogen and oxygen atoms in total. The summed E-state index contributed by atoms with van der Waals surface area (Å²) in [6.07, 6.45) is 5.15. The maximum absolute atomic E-state index is 6.31. The van der Waals surface area contributed by atoms with Crippen molar-refractivity contribution in [2.45, 2.75) is 31.7 Å². The van der Waals surface area contributed by atoms with Crippen molar-refractivity contribution in [1.82, 2.24) is 9.78 Å². The van der Waals surface area contributed by atoms with Crippen LogP contribution in [0.25, 0.3) is 10.9 Å². The molecule has 1 unspecified atom stereocenters. The van der Waals surface area contributed by atoms with E-state index in [1.807, 2.05) is 17.8 Å². The summed E-state index contributed by atoms with van der Waals surface area (Å²) < 4.78 is 1.94. The Labute approximate surface area is 102 Å². The van der Waals surface area contributed by atoms with Gasteiger partial charge in [-0.05, 0) is 18.4 Å². The molecule has 1 aromatic heterocycles. The van der Waals surface area contributed by atoms with E-state index in [1.165, 1.54) is 30.2 Å². The van der Waals surface area contributed by atoms with Gasteiger partial charge in [0, 0.05) is 18.5 Å². The number of benzene rings is 1. The number of fused-ring (bicyclic) bond motifs is 1. The summed E-state index contributed by atoms with van der Waals surface area (Å²) in [5, 5.41) is 5.80. The predicted molar refractivity (Wildman–Crippen MR) is 69.6 cm³/mol. The quantitative estimate of drug-likeness (QED) is 0.879. The van der Waals surface area contributed by atoms with Crippen LogP contribution in [0.3, 0.4) is 0 Å². The lowest BCUT2D eigenvalue weighted by molar-refractivity contribution is 0.276. The van der Waals surface area contributed by atoms with Crippen LogP contribution in [0.1, 0.15) is 37.4 Å². The minimum atomic E-state index is 0.0893. The average Bonchev–Trinajstić information content (AvgIpc) is 2.62. The minimum absolute atomic E-state index is 0.0893. The number of rotatable bonds is 3. The van der Waals surface area contributed by atoms with Crippen LogP contribution in [0.5, 0.6) is 0 Å². The summed E-state index contributed by atoms with van der Waals surface area (Å²) in [5.41, 5.74) is 8.55. The van der Waals surface area contributed by atoms with E-state index in [4.69, 9.17) is 5.73 Å². The van der Waals surface area contributed by atoms with Gasteiger partial charge in [0.05, 0.1) is 11.2 Å². The summed E-state index contributed by atoms with van der Waals surface area (Å²) in [6, 6.07) is 8.42. The fourth-order valence-electron chi connectivity index (χ4n) is 2.71. The van der Waals surface area contributed by atoms with E-state index in [0.29, 0.717) is 0 Å². The number of nitrogens with two attached hydrogens (primary N) is 1. The van der Waals surface area contributed by atoms with Gasteiger partial charge in [0.2, 0.25) is 0 Å². The third kappa shape index (κ3) is 1.84. The zero-order chi connectivity index (χ0) is 11.8.